The van der Waals surface area contributed by atoms with E-state index in [-0.39, 0.29) is 5.82 Å². The number of nitrogens with one attached hydrogen (secondary N) is 1. The van der Waals surface area contributed by atoms with Crippen LogP contribution in [0.5, 0.6) is 0 Å². The minimum atomic E-state index is -0.285. The van der Waals surface area contributed by atoms with Gasteiger partial charge in [0.15, 0.2) is 0 Å². The van der Waals surface area contributed by atoms with E-state index in [4.69, 9.17) is 0 Å². The molecular formula is C11H10FN3. The Hall–Kier alpha value is -1.97. The van der Waals surface area contributed by atoms with Crippen molar-refractivity contribution in [3.8, 4) is 0 Å². The van der Waals surface area contributed by atoms with Crippen molar-refractivity contribution >= 4 is 11.6 Å². The average molecular weight is 203 g/mol. The van der Waals surface area contributed by atoms with Crippen LogP contribution in [0, 0.1) is 12.7 Å². The maximum atomic E-state index is 12.9. The Balaban J connectivity index is 2.22. The number of nitrogens with zero attached hydrogens (tertiary/aromatic N) is 2. The third-order valence-corrected chi connectivity index (χ3v) is 1.88. The standard InChI is InChI=1S/C11H10FN3/c1-8-5-6-13-11(14-8)15-10-4-2-3-9(12)7-10/h2-7H,1H3,(H,13,14,15). The molecule has 0 aliphatic carbocycles. The highest BCUT2D eigenvalue weighted by atomic mass is 19.1. The van der Waals surface area contributed by atoms with Gasteiger partial charge in [-0.05, 0) is 31.2 Å². The summed E-state index contributed by atoms with van der Waals surface area (Å²) in [7, 11) is 0. The number of hydrogen-bond acceptors (Lipinski definition) is 3. The van der Waals surface area contributed by atoms with Gasteiger partial charge in [-0.2, -0.15) is 0 Å². The van der Waals surface area contributed by atoms with Crippen LogP contribution in [0.15, 0.2) is 36.5 Å². The molecule has 0 bridgehead atoms. The maximum absolute atomic E-state index is 12.9. The van der Waals surface area contributed by atoms with Crippen molar-refractivity contribution in [2.75, 3.05) is 5.32 Å². The third kappa shape index (κ3) is 2.49. The quantitative estimate of drug-likeness (QED) is 0.815. The molecule has 0 saturated carbocycles. The third-order valence-electron chi connectivity index (χ3n) is 1.88. The fourth-order valence-corrected chi connectivity index (χ4v) is 1.20. The van der Waals surface area contributed by atoms with E-state index in [9.17, 15) is 4.39 Å². The summed E-state index contributed by atoms with van der Waals surface area (Å²) in [6.45, 7) is 1.87. The molecule has 0 aliphatic rings. The van der Waals surface area contributed by atoms with Gasteiger partial charge in [0.25, 0.3) is 0 Å². The van der Waals surface area contributed by atoms with Gasteiger partial charge in [-0.3, -0.25) is 0 Å². The number of aromatic nitrogens is 2. The summed E-state index contributed by atoms with van der Waals surface area (Å²) in [5.41, 5.74) is 1.50. The molecule has 0 atom stereocenters. The first kappa shape index (κ1) is 9.58. The predicted octanol–water partition coefficient (Wildman–Crippen LogP) is 2.67. The lowest BCUT2D eigenvalue weighted by molar-refractivity contribution is 0.628. The van der Waals surface area contributed by atoms with E-state index in [0.29, 0.717) is 11.6 Å². The van der Waals surface area contributed by atoms with Gasteiger partial charge in [-0.15, -0.1) is 0 Å². The lowest BCUT2D eigenvalue weighted by Gasteiger charge is -2.04. The van der Waals surface area contributed by atoms with Crippen LogP contribution in [0.3, 0.4) is 0 Å². The Morgan fingerprint density at radius 1 is 1.27 bits per heavy atom. The molecule has 1 heterocycles. The van der Waals surface area contributed by atoms with Crippen molar-refractivity contribution in [2.24, 2.45) is 0 Å². The second-order valence-corrected chi connectivity index (χ2v) is 3.16. The highest BCUT2D eigenvalue weighted by Gasteiger charge is 1.98. The number of hydrogen-bond donors (Lipinski definition) is 1. The number of halogens is 1. The van der Waals surface area contributed by atoms with E-state index in [1.807, 2.05) is 6.92 Å². The molecule has 0 spiro atoms. The molecule has 2 rings (SSSR count). The Kier molecular flexibility index (Phi) is 2.58. The monoisotopic (exact) mass is 203 g/mol. The first-order valence-corrected chi connectivity index (χ1v) is 4.56. The number of aryl methyl sites for hydroxylation is 1. The molecule has 2 aromatic rings. The molecule has 1 aromatic heterocycles. The molecule has 0 radical (unpaired) electrons. The molecule has 4 heteroatoms. The lowest BCUT2D eigenvalue weighted by Crippen LogP contribution is -1.97. The van der Waals surface area contributed by atoms with Crippen LogP contribution < -0.4 is 5.32 Å². The van der Waals surface area contributed by atoms with Gasteiger partial charge in [-0.1, -0.05) is 6.07 Å². The van der Waals surface area contributed by atoms with Gasteiger partial charge in [0, 0.05) is 17.6 Å². The van der Waals surface area contributed by atoms with Crippen molar-refractivity contribution in [1.29, 1.82) is 0 Å². The molecule has 0 amide bonds. The minimum Gasteiger partial charge on any atom is -0.324 e. The normalized spacial score (nSPS) is 10.0. The minimum absolute atomic E-state index is 0.285. The highest BCUT2D eigenvalue weighted by Crippen LogP contribution is 2.13. The fourth-order valence-electron chi connectivity index (χ4n) is 1.20. The second-order valence-electron chi connectivity index (χ2n) is 3.16. The summed E-state index contributed by atoms with van der Waals surface area (Å²) in [6, 6.07) is 7.98. The van der Waals surface area contributed by atoms with Crippen LogP contribution >= 0.6 is 0 Å². The van der Waals surface area contributed by atoms with E-state index < -0.39 is 0 Å². The van der Waals surface area contributed by atoms with Gasteiger partial charge in [-0.25, -0.2) is 14.4 Å². The summed E-state index contributed by atoms with van der Waals surface area (Å²) in [5, 5.41) is 2.92. The van der Waals surface area contributed by atoms with Crippen LogP contribution in [0.4, 0.5) is 16.0 Å². The van der Waals surface area contributed by atoms with Crippen LogP contribution in [-0.2, 0) is 0 Å². The SMILES string of the molecule is Cc1ccnc(Nc2cccc(F)c2)n1. The van der Waals surface area contributed by atoms with Gasteiger partial charge in [0.1, 0.15) is 5.82 Å². The highest BCUT2D eigenvalue weighted by molar-refractivity contribution is 5.52. The second kappa shape index (κ2) is 4.04. The molecule has 0 unspecified atom stereocenters. The smallest absolute Gasteiger partial charge is 0.227 e. The zero-order valence-corrected chi connectivity index (χ0v) is 8.24. The van der Waals surface area contributed by atoms with Crippen molar-refractivity contribution in [1.82, 2.24) is 9.97 Å². The van der Waals surface area contributed by atoms with Crippen LogP contribution in [0.2, 0.25) is 0 Å². The van der Waals surface area contributed by atoms with Crippen molar-refractivity contribution in [3.63, 3.8) is 0 Å². The molecule has 0 saturated heterocycles. The van der Waals surface area contributed by atoms with E-state index in [1.54, 1.807) is 24.4 Å². The van der Waals surface area contributed by atoms with Crippen LogP contribution in [0.25, 0.3) is 0 Å². The van der Waals surface area contributed by atoms with Crippen molar-refractivity contribution < 1.29 is 4.39 Å². The van der Waals surface area contributed by atoms with Gasteiger partial charge >= 0.3 is 0 Å². The maximum Gasteiger partial charge on any atom is 0.227 e. The molecule has 76 valence electrons. The number of anilines is 2. The van der Waals surface area contributed by atoms with Crippen LogP contribution in [0.1, 0.15) is 5.69 Å². The largest absolute Gasteiger partial charge is 0.324 e. The summed E-state index contributed by atoms with van der Waals surface area (Å²) in [5.74, 6) is 0.188. The van der Waals surface area contributed by atoms with E-state index >= 15 is 0 Å². The zero-order valence-electron chi connectivity index (χ0n) is 8.24. The van der Waals surface area contributed by atoms with Gasteiger partial charge in [0.05, 0.1) is 0 Å². The van der Waals surface area contributed by atoms with E-state index in [0.717, 1.165) is 5.69 Å². The Labute approximate surface area is 87.0 Å². The Morgan fingerprint density at radius 2 is 2.13 bits per heavy atom. The lowest BCUT2D eigenvalue weighted by atomic mass is 10.3. The number of rotatable bonds is 2. The van der Waals surface area contributed by atoms with Gasteiger partial charge < -0.3 is 5.32 Å². The molecule has 1 aromatic carbocycles. The Morgan fingerprint density at radius 3 is 2.87 bits per heavy atom. The summed E-state index contributed by atoms with van der Waals surface area (Å²) in [4.78, 5) is 8.17. The molecule has 1 N–H and O–H groups in total. The van der Waals surface area contributed by atoms with Crippen LogP contribution in [-0.4, -0.2) is 9.97 Å². The molecule has 0 aliphatic heterocycles. The topological polar surface area (TPSA) is 37.8 Å². The van der Waals surface area contributed by atoms with E-state index in [1.165, 1.54) is 12.1 Å². The summed E-state index contributed by atoms with van der Waals surface area (Å²) in [6.07, 6.45) is 1.66. The molecule has 15 heavy (non-hydrogen) atoms. The molecule has 3 nitrogen and oxygen atoms in total. The van der Waals surface area contributed by atoms with Gasteiger partial charge in [0.2, 0.25) is 5.95 Å². The first-order chi connectivity index (χ1) is 7.24. The molecule has 0 fully saturated rings. The predicted molar refractivity (Wildman–Crippen MR) is 56.5 cm³/mol. The Bertz CT molecular complexity index is 427. The first-order valence-electron chi connectivity index (χ1n) is 4.56. The summed E-state index contributed by atoms with van der Waals surface area (Å²) >= 11 is 0. The number of benzene rings is 1. The van der Waals surface area contributed by atoms with Crippen molar-refractivity contribution in [3.05, 3.63) is 48.0 Å². The average Bonchev–Trinajstić information content (AvgIpc) is 2.17. The fraction of sp³-hybridized carbons (Fsp3) is 0.0909. The van der Waals surface area contributed by atoms with Crippen molar-refractivity contribution in [2.45, 2.75) is 6.92 Å². The van der Waals surface area contributed by atoms with E-state index in [2.05, 4.69) is 15.3 Å². The summed E-state index contributed by atoms with van der Waals surface area (Å²) < 4.78 is 12.9. The molecular weight excluding hydrogens is 193 g/mol. The zero-order chi connectivity index (χ0) is 10.7.